The van der Waals surface area contributed by atoms with Crippen LogP contribution in [0.2, 0.25) is 0 Å². The minimum atomic E-state index is 0. The largest absolute Gasteiger partial charge is 0.341 e. The van der Waals surface area contributed by atoms with E-state index in [1.807, 2.05) is 11.8 Å². The number of thioether (sulfide) groups is 1. The summed E-state index contributed by atoms with van der Waals surface area (Å²) in [5.41, 5.74) is 0. The summed E-state index contributed by atoms with van der Waals surface area (Å²) in [5.74, 6) is 1.78. The number of amides is 1. The highest BCUT2D eigenvalue weighted by molar-refractivity contribution is 7.99. The molecule has 3 nitrogen and oxygen atoms in total. The summed E-state index contributed by atoms with van der Waals surface area (Å²) in [6.07, 6.45) is 2.03. The maximum atomic E-state index is 12.3. The molecule has 0 saturated carbocycles. The normalized spacial score (nSPS) is 34.0. The van der Waals surface area contributed by atoms with E-state index in [-0.39, 0.29) is 18.3 Å². The second kappa shape index (κ2) is 6.86. The standard InChI is InChI=1S/C12H22N2OS.ClH/c1-9-7-11(3-4-13-9)12(15)14-5-6-16-10(2)8-14;/h9-11,13H,3-8H2,1-2H3;1H/t9-,10?,11-;/m0./s1. The van der Waals surface area contributed by atoms with E-state index in [4.69, 9.17) is 0 Å². The van der Waals surface area contributed by atoms with Crippen molar-refractivity contribution < 1.29 is 4.79 Å². The van der Waals surface area contributed by atoms with Crippen LogP contribution in [0, 0.1) is 5.92 Å². The summed E-state index contributed by atoms with van der Waals surface area (Å²) in [6.45, 7) is 7.28. The molecule has 1 N–H and O–H groups in total. The molecule has 2 heterocycles. The van der Waals surface area contributed by atoms with E-state index < -0.39 is 0 Å². The lowest BCUT2D eigenvalue weighted by molar-refractivity contribution is -0.136. The molecule has 1 amide bonds. The Labute approximate surface area is 114 Å². The molecule has 2 fully saturated rings. The van der Waals surface area contributed by atoms with Gasteiger partial charge in [-0.2, -0.15) is 11.8 Å². The summed E-state index contributed by atoms with van der Waals surface area (Å²) in [6, 6.07) is 0.499. The van der Waals surface area contributed by atoms with Crippen molar-refractivity contribution in [3.05, 3.63) is 0 Å². The van der Waals surface area contributed by atoms with Crippen LogP contribution in [0.3, 0.4) is 0 Å². The summed E-state index contributed by atoms with van der Waals surface area (Å²) >= 11 is 1.98. The number of nitrogens with zero attached hydrogens (tertiary/aromatic N) is 1. The highest BCUT2D eigenvalue weighted by atomic mass is 35.5. The fourth-order valence-corrected chi connectivity index (χ4v) is 3.65. The van der Waals surface area contributed by atoms with Crippen LogP contribution >= 0.6 is 24.2 Å². The first kappa shape index (κ1) is 15.1. The molecule has 0 aliphatic carbocycles. The monoisotopic (exact) mass is 278 g/mol. The van der Waals surface area contributed by atoms with E-state index in [1.165, 1.54) is 0 Å². The molecule has 0 spiro atoms. The molecule has 2 aliphatic rings. The number of piperidine rings is 1. The fraction of sp³-hybridized carbons (Fsp3) is 0.917. The Hall–Kier alpha value is 0.0700. The van der Waals surface area contributed by atoms with Crippen molar-refractivity contribution in [3.63, 3.8) is 0 Å². The highest BCUT2D eigenvalue weighted by Gasteiger charge is 2.30. The molecular weight excluding hydrogens is 256 g/mol. The number of rotatable bonds is 1. The highest BCUT2D eigenvalue weighted by Crippen LogP contribution is 2.23. The Morgan fingerprint density at radius 1 is 1.41 bits per heavy atom. The minimum Gasteiger partial charge on any atom is -0.341 e. The van der Waals surface area contributed by atoms with Gasteiger partial charge in [0.25, 0.3) is 0 Å². The molecule has 17 heavy (non-hydrogen) atoms. The SMILES string of the molecule is CC1CN(C(=O)[C@H]2CCN[C@@H](C)C2)CCS1.Cl. The molecule has 100 valence electrons. The summed E-state index contributed by atoms with van der Waals surface area (Å²) in [5, 5.41) is 4.01. The molecule has 3 atom stereocenters. The molecule has 2 aliphatic heterocycles. The topological polar surface area (TPSA) is 32.3 Å². The Morgan fingerprint density at radius 3 is 2.82 bits per heavy atom. The number of carbonyl (C=O) groups excluding carboxylic acids is 1. The second-order valence-corrected chi connectivity index (χ2v) is 6.59. The predicted molar refractivity (Wildman–Crippen MR) is 75.9 cm³/mol. The van der Waals surface area contributed by atoms with Crippen LogP contribution in [0.25, 0.3) is 0 Å². The van der Waals surface area contributed by atoms with Crippen molar-refractivity contribution >= 4 is 30.1 Å². The van der Waals surface area contributed by atoms with Crippen LogP contribution in [-0.4, -0.2) is 47.5 Å². The lowest BCUT2D eigenvalue weighted by Gasteiger charge is -2.35. The maximum Gasteiger partial charge on any atom is 0.225 e. The molecule has 1 unspecified atom stereocenters. The Balaban J connectivity index is 0.00000144. The number of hydrogen-bond donors (Lipinski definition) is 1. The van der Waals surface area contributed by atoms with E-state index >= 15 is 0 Å². The summed E-state index contributed by atoms with van der Waals surface area (Å²) in [4.78, 5) is 14.4. The Bertz CT molecular complexity index is 241. The van der Waals surface area contributed by atoms with Crippen molar-refractivity contribution in [2.24, 2.45) is 5.92 Å². The first-order chi connectivity index (χ1) is 7.66. The van der Waals surface area contributed by atoms with Crippen LogP contribution in [0.5, 0.6) is 0 Å². The third kappa shape index (κ3) is 4.04. The van der Waals surface area contributed by atoms with Crippen LogP contribution in [0.4, 0.5) is 0 Å². The summed E-state index contributed by atoms with van der Waals surface area (Å²) in [7, 11) is 0. The molecular formula is C12H23ClN2OS. The van der Waals surface area contributed by atoms with Gasteiger partial charge in [-0.05, 0) is 26.3 Å². The Morgan fingerprint density at radius 2 is 2.18 bits per heavy atom. The zero-order valence-electron chi connectivity index (χ0n) is 10.6. The second-order valence-electron chi connectivity index (χ2n) is 5.04. The average molecular weight is 279 g/mol. The lowest BCUT2D eigenvalue weighted by Crippen LogP contribution is -2.47. The van der Waals surface area contributed by atoms with Gasteiger partial charge in [-0.15, -0.1) is 12.4 Å². The molecule has 2 rings (SSSR count). The molecule has 2 saturated heterocycles. The van der Waals surface area contributed by atoms with Gasteiger partial charge in [-0.1, -0.05) is 6.92 Å². The zero-order chi connectivity index (χ0) is 11.5. The van der Waals surface area contributed by atoms with Crippen LogP contribution in [0.1, 0.15) is 26.7 Å². The van der Waals surface area contributed by atoms with Crippen LogP contribution in [0.15, 0.2) is 0 Å². The van der Waals surface area contributed by atoms with Gasteiger partial charge in [0.2, 0.25) is 5.91 Å². The Kier molecular flexibility index (Phi) is 6.10. The average Bonchev–Trinajstić information content (AvgIpc) is 2.28. The van der Waals surface area contributed by atoms with Crippen molar-refractivity contribution in [2.75, 3.05) is 25.4 Å². The first-order valence-electron chi connectivity index (χ1n) is 6.30. The first-order valence-corrected chi connectivity index (χ1v) is 7.35. The maximum absolute atomic E-state index is 12.3. The van der Waals surface area contributed by atoms with Gasteiger partial charge in [0, 0.05) is 36.1 Å². The van der Waals surface area contributed by atoms with Gasteiger partial charge in [0.15, 0.2) is 0 Å². The van der Waals surface area contributed by atoms with Crippen molar-refractivity contribution in [1.29, 1.82) is 0 Å². The van der Waals surface area contributed by atoms with E-state index in [1.54, 1.807) is 0 Å². The van der Waals surface area contributed by atoms with Gasteiger partial charge >= 0.3 is 0 Å². The van der Waals surface area contributed by atoms with Crippen molar-refractivity contribution in [1.82, 2.24) is 10.2 Å². The zero-order valence-corrected chi connectivity index (χ0v) is 12.3. The third-order valence-corrected chi connectivity index (χ3v) is 4.66. The van der Waals surface area contributed by atoms with Gasteiger partial charge in [0.1, 0.15) is 0 Å². The van der Waals surface area contributed by atoms with E-state index in [2.05, 4.69) is 24.1 Å². The van der Waals surface area contributed by atoms with Gasteiger partial charge in [-0.3, -0.25) is 4.79 Å². The number of hydrogen-bond acceptors (Lipinski definition) is 3. The predicted octanol–water partition coefficient (Wildman–Crippen LogP) is 1.76. The smallest absolute Gasteiger partial charge is 0.225 e. The van der Waals surface area contributed by atoms with Crippen LogP contribution in [-0.2, 0) is 4.79 Å². The molecule has 0 aromatic rings. The number of nitrogens with one attached hydrogen (secondary N) is 1. The quantitative estimate of drug-likeness (QED) is 0.793. The van der Waals surface area contributed by atoms with E-state index in [0.29, 0.717) is 17.2 Å². The van der Waals surface area contributed by atoms with Crippen molar-refractivity contribution in [2.45, 2.75) is 38.0 Å². The number of carbonyl (C=O) groups is 1. The molecule has 5 heteroatoms. The lowest BCUT2D eigenvalue weighted by atomic mass is 9.92. The third-order valence-electron chi connectivity index (χ3n) is 3.53. The molecule has 0 bridgehead atoms. The molecule has 0 radical (unpaired) electrons. The van der Waals surface area contributed by atoms with Gasteiger partial charge in [-0.25, -0.2) is 0 Å². The fourth-order valence-electron chi connectivity index (χ4n) is 2.63. The van der Waals surface area contributed by atoms with Gasteiger partial charge in [0.05, 0.1) is 0 Å². The molecule has 0 aromatic carbocycles. The van der Waals surface area contributed by atoms with E-state index in [0.717, 1.165) is 38.2 Å². The number of halogens is 1. The van der Waals surface area contributed by atoms with Gasteiger partial charge < -0.3 is 10.2 Å². The van der Waals surface area contributed by atoms with E-state index in [9.17, 15) is 4.79 Å². The minimum absolute atomic E-state index is 0. The van der Waals surface area contributed by atoms with Crippen LogP contribution < -0.4 is 5.32 Å². The molecule has 0 aromatic heterocycles. The van der Waals surface area contributed by atoms with Crippen molar-refractivity contribution in [3.8, 4) is 0 Å². The summed E-state index contributed by atoms with van der Waals surface area (Å²) < 4.78 is 0.